The average molecular weight is 347 g/mol. The van der Waals surface area contributed by atoms with Gasteiger partial charge in [-0.3, -0.25) is 14.5 Å². The van der Waals surface area contributed by atoms with E-state index in [1.807, 2.05) is 19.9 Å². The van der Waals surface area contributed by atoms with Gasteiger partial charge in [0.15, 0.2) is 11.5 Å². The van der Waals surface area contributed by atoms with E-state index in [0.717, 1.165) is 23.7 Å². The third kappa shape index (κ3) is 3.82. The number of hydrogen-bond acceptors (Lipinski definition) is 5. The molecule has 1 aliphatic heterocycles. The van der Waals surface area contributed by atoms with E-state index < -0.39 is 0 Å². The zero-order chi connectivity index (χ0) is 17.7. The number of methoxy groups -OCH3 is 1. The summed E-state index contributed by atoms with van der Waals surface area (Å²) < 4.78 is 10.8. The van der Waals surface area contributed by atoms with Gasteiger partial charge >= 0.3 is 0 Å². The number of thioether (sulfide) groups is 1. The first kappa shape index (κ1) is 18.1. The maximum Gasteiger partial charge on any atom is 0.293 e. The molecular weight excluding hydrogens is 326 g/mol. The molecule has 0 aliphatic carbocycles. The van der Waals surface area contributed by atoms with Gasteiger partial charge in [-0.25, -0.2) is 0 Å². The predicted molar refractivity (Wildman–Crippen MR) is 96.2 cm³/mol. The number of hydrogen-bond donors (Lipinski definition) is 0. The molecule has 1 aromatic carbocycles. The van der Waals surface area contributed by atoms with Gasteiger partial charge in [-0.1, -0.05) is 25.6 Å². The van der Waals surface area contributed by atoms with Gasteiger partial charge in [0, 0.05) is 6.04 Å². The number of amides is 2. The second kappa shape index (κ2) is 8.06. The van der Waals surface area contributed by atoms with Gasteiger partial charge in [-0.15, -0.1) is 0 Å². The highest BCUT2D eigenvalue weighted by Gasteiger charge is 2.37. The van der Waals surface area contributed by atoms with Gasteiger partial charge in [-0.05, 0) is 48.9 Å². The Bertz CT molecular complexity index is 684. The summed E-state index contributed by atoms with van der Waals surface area (Å²) in [5, 5.41) is -0.224. The SMILES string of the molecule is C=CCOc1ccc(/C=C2/SC(=O)N([C@H](C)CC)C2=O)cc1OC. The molecule has 5 nitrogen and oxygen atoms in total. The van der Waals surface area contributed by atoms with Crippen LogP contribution in [0.3, 0.4) is 0 Å². The molecule has 1 atom stereocenters. The highest BCUT2D eigenvalue weighted by atomic mass is 32.2. The minimum Gasteiger partial charge on any atom is -0.493 e. The molecule has 6 heteroatoms. The molecule has 0 bridgehead atoms. The molecule has 1 saturated heterocycles. The number of rotatable bonds is 7. The van der Waals surface area contributed by atoms with Crippen LogP contribution >= 0.6 is 11.8 Å². The van der Waals surface area contributed by atoms with Crippen molar-refractivity contribution in [1.29, 1.82) is 0 Å². The summed E-state index contributed by atoms with van der Waals surface area (Å²) in [6.07, 6.45) is 4.08. The van der Waals surface area contributed by atoms with Crippen molar-refractivity contribution < 1.29 is 19.1 Å². The van der Waals surface area contributed by atoms with Crippen molar-refractivity contribution in [3.8, 4) is 11.5 Å². The fourth-order valence-corrected chi connectivity index (χ4v) is 3.17. The van der Waals surface area contributed by atoms with E-state index in [0.29, 0.717) is 23.0 Å². The lowest BCUT2D eigenvalue weighted by Crippen LogP contribution is -2.36. The van der Waals surface area contributed by atoms with Gasteiger partial charge in [0.1, 0.15) is 6.61 Å². The van der Waals surface area contributed by atoms with Crippen LogP contribution in [0.25, 0.3) is 6.08 Å². The summed E-state index contributed by atoms with van der Waals surface area (Å²) in [6.45, 7) is 7.81. The van der Waals surface area contributed by atoms with Crippen LogP contribution in [-0.4, -0.2) is 35.8 Å². The second-order valence-electron chi connectivity index (χ2n) is 5.32. The van der Waals surface area contributed by atoms with Crippen molar-refractivity contribution >= 4 is 29.0 Å². The van der Waals surface area contributed by atoms with Gasteiger partial charge in [0.2, 0.25) is 0 Å². The normalized spacial score (nSPS) is 17.3. The molecule has 0 aromatic heterocycles. The molecular formula is C18H21NO4S. The topological polar surface area (TPSA) is 55.8 Å². The van der Waals surface area contributed by atoms with Crippen molar-refractivity contribution in [2.75, 3.05) is 13.7 Å². The van der Waals surface area contributed by atoms with Gasteiger partial charge in [0.25, 0.3) is 11.1 Å². The molecule has 2 rings (SSSR count). The van der Waals surface area contributed by atoms with Gasteiger partial charge < -0.3 is 9.47 Å². The molecule has 1 aliphatic rings. The Morgan fingerprint density at radius 3 is 2.71 bits per heavy atom. The standard InChI is InChI=1S/C18H21NO4S/c1-5-9-23-14-8-7-13(10-15(14)22-4)11-16-17(20)19(12(3)6-2)18(21)24-16/h5,7-8,10-12H,1,6,9H2,2-4H3/b16-11+/t12-/m1/s1. The predicted octanol–water partition coefficient (Wildman–Crippen LogP) is 4.09. The van der Waals surface area contributed by atoms with E-state index in [-0.39, 0.29) is 17.2 Å². The van der Waals surface area contributed by atoms with Crippen LogP contribution in [0.15, 0.2) is 35.8 Å². The Hall–Kier alpha value is -2.21. The van der Waals surface area contributed by atoms with Crippen LogP contribution in [-0.2, 0) is 4.79 Å². The van der Waals surface area contributed by atoms with E-state index in [1.54, 1.807) is 31.4 Å². The Morgan fingerprint density at radius 2 is 2.08 bits per heavy atom. The van der Waals surface area contributed by atoms with E-state index >= 15 is 0 Å². The molecule has 1 aromatic rings. The maximum atomic E-state index is 12.4. The number of nitrogens with zero attached hydrogens (tertiary/aromatic N) is 1. The van der Waals surface area contributed by atoms with Crippen molar-refractivity contribution in [3.63, 3.8) is 0 Å². The first-order valence-corrected chi connectivity index (χ1v) is 8.52. The highest BCUT2D eigenvalue weighted by Crippen LogP contribution is 2.35. The Balaban J connectivity index is 2.26. The van der Waals surface area contributed by atoms with E-state index in [9.17, 15) is 9.59 Å². The summed E-state index contributed by atoms with van der Waals surface area (Å²) in [5.41, 5.74) is 0.771. The Kier molecular flexibility index (Phi) is 6.09. The number of benzene rings is 1. The molecule has 2 amide bonds. The van der Waals surface area contributed by atoms with E-state index in [2.05, 4.69) is 6.58 Å². The van der Waals surface area contributed by atoms with Gasteiger partial charge in [-0.2, -0.15) is 0 Å². The minimum atomic E-state index is -0.245. The van der Waals surface area contributed by atoms with E-state index in [1.165, 1.54) is 4.90 Å². The summed E-state index contributed by atoms with van der Waals surface area (Å²) in [4.78, 5) is 26.2. The lowest BCUT2D eigenvalue weighted by molar-refractivity contribution is -0.124. The summed E-state index contributed by atoms with van der Waals surface area (Å²) in [7, 11) is 1.55. The number of imide groups is 1. The summed E-state index contributed by atoms with van der Waals surface area (Å²) in [6, 6.07) is 5.26. The smallest absolute Gasteiger partial charge is 0.293 e. The number of ether oxygens (including phenoxy) is 2. The van der Waals surface area contributed by atoms with Crippen LogP contribution in [0, 0.1) is 0 Å². The fourth-order valence-electron chi connectivity index (χ4n) is 2.24. The van der Waals surface area contributed by atoms with Crippen LogP contribution in [0.1, 0.15) is 25.8 Å². The molecule has 0 unspecified atom stereocenters. The third-order valence-electron chi connectivity index (χ3n) is 3.70. The second-order valence-corrected chi connectivity index (χ2v) is 6.31. The van der Waals surface area contributed by atoms with Gasteiger partial charge in [0.05, 0.1) is 12.0 Å². The first-order chi connectivity index (χ1) is 11.5. The maximum absolute atomic E-state index is 12.4. The van der Waals surface area contributed by atoms with Crippen LogP contribution in [0.5, 0.6) is 11.5 Å². The summed E-state index contributed by atoms with van der Waals surface area (Å²) in [5.74, 6) is 0.916. The summed E-state index contributed by atoms with van der Waals surface area (Å²) >= 11 is 0.965. The lowest BCUT2D eigenvalue weighted by Gasteiger charge is -2.19. The van der Waals surface area contributed by atoms with Crippen molar-refractivity contribution in [2.45, 2.75) is 26.3 Å². The largest absolute Gasteiger partial charge is 0.493 e. The molecule has 24 heavy (non-hydrogen) atoms. The minimum absolute atomic E-state index is 0.104. The molecule has 0 spiro atoms. The van der Waals surface area contributed by atoms with Crippen molar-refractivity contribution in [2.24, 2.45) is 0 Å². The average Bonchev–Trinajstić information content (AvgIpc) is 2.86. The Morgan fingerprint density at radius 1 is 1.33 bits per heavy atom. The number of carbonyl (C=O) groups excluding carboxylic acids is 2. The fraction of sp³-hybridized carbons (Fsp3) is 0.333. The molecule has 0 radical (unpaired) electrons. The van der Waals surface area contributed by atoms with E-state index in [4.69, 9.17) is 9.47 Å². The van der Waals surface area contributed by atoms with Crippen LogP contribution in [0.2, 0.25) is 0 Å². The van der Waals surface area contributed by atoms with Crippen molar-refractivity contribution in [1.82, 2.24) is 4.90 Å². The van der Waals surface area contributed by atoms with Crippen LogP contribution < -0.4 is 9.47 Å². The highest BCUT2D eigenvalue weighted by molar-refractivity contribution is 8.18. The quantitative estimate of drug-likeness (QED) is 0.549. The molecule has 0 N–H and O–H groups in total. The molecule has 1 heterocycles. The molecule has 128 valence electrons. The van der Waals surface area contributed by atoms with Crippen LogP contribution in [0.4, 0.5) is 4.79 Å². The number of carbonyl (C=O) groups is 2. The third-order valence-corrected chi connectivity index (χ3v) is 4.58. The monoisotopic (exact) mass is 347 g/mol. The molecule has 1 fully saturated rings. The zero-order valence-corrected chi connectivity index (χ0v) is 14.9. The first-order valence-electron chi connectivity index (χ1n) is 7.70. The Labute approximate surface area is 146 Å². The van der Waals surface area contributed by atoms with Crippen molar-refractivity contribution in [3.05, 3.63) is 41.3 Å². The zero-order valence-electron chi connectivity index (χ0n) is 14.1. The lowest BCUT2D eigenvalue weighted by atomic mass is 10.1. The molecule has 0 saturated carbocycles.